The largest absolute Gasteiger partial charge is 0.368 e. The molecule has 0 saturated carbocycles. The Morgan fingerprint density at radius 1 is 1.39 bits per heavy atom. The van der Waals surface area contributed by atoms with Crippen molar-refractivity contribution >= 4 is 27.4 Å². The van der Waals surface area contributed by atoms with E-state index in [1.165, 1.54) is 6.07 Å². The fourth-order valence-corrected chi connectivity index (χ4v) is 4.23. The molecule has 0 aromatic carbocycles. The molecule has 7 nitrogen and oxygen atoms in total. The summed E-state index contributed by atoms with van der Waals surface area (Å²) in [4.78, 5) is 25.8. The highest BCUT2D eigenvalue weighted by atomic mass is 32.3. The third-order valence-electron chi connectivity index (χ3n) is 3.15. The van der Waals surface area contributed by atoms with Crippen LogP contribution in [-0.4, -0.2) is 25.9 Å². The van der Waals surface area contributed by atoms with Gasteiger partial charge in [-0.25, -0.2) is 0 Å². The van der Waals surface area contributed by atoms with E-state index < -0.39 is 22.6 Å². The number of primary amides is 1. The zero-order valence-electron chi connectivity index (χ0n) is 12.6. The van der Waals surface area contributed by atoms with Crippen LogP contribution in [0, 0.1) is 6.92 Å². The second-order valence-corrected chi connectivity index (χ2v) is 7.74. The minimum absolute atomic E-state index is 0.0302. The van der Waals surface area contributed by atoms with Crippen molar-refractivity contribution in [3.8, 4) is 10.4 Å². The lowest BCUT2D eigenvalue weighted by Gasteiger charge is -2.05. The number of H-pyrrole nitrogens is 1. The summed E-state index contributed by atoms with van der Waals surface area (Å²) in [5.41, 5.74) is 6.75. The van der Waals surface area contributed by atoms with Crippen molar-refractivity contribution < 1.29 is 17.4 Å². The molecule has 0 saturated heterocycles. The van der Waals surface area contributed by atoms with E-state index in [9.17, 15) is 18.0 Å². The number of carbonyl (C=O) groups excluding carboxylic acids is 1. The third-order valence-corrected chi connectivity index (χ3v) is 5.98. The maximum atomic E-state index is 12.0. The number of amides is 1. The smallest absolute Gasteiger partial charge is 0.307 e. The number of rotatable bonds is 6. The minimum Gasteiger partial charge on any atom is -0.368 e. The van der Waals surface area contributed by atoms with Crippen molar-refractivity contribution in [1.82, 2.24) is 4.98 Å². The first-order valence-corrected chi connectivity index (χ1v) is 8.97. The normalized spacial score (nSPS) is 11.6. The molecule has 0 spiro atoms. The van der Waals surface area contributed by atoms with E-state index >= 15 is 0 Å². The molecule has 0 radical (unpaired) electrons. The van der Waals surface area contributed by atoms with Crippen LogP contribution in [0.5, 0.6) is 0 Å². The molecule has 2 aromatic rings. The number of nitrogens with one attached hydrogen (secondary N) is 1. The molecule has 23 heavy (non-hydrogen) atoms. The van der Waals surface area contributed by atoms with Gasteiger partial charge in [-0.3, -0.25) is 13.8 Å². The monoisotopic (exact) mass is 356 g/mol. The molecule has 0 unspecified atom stereocenters. The Kier molecular flexibility index (Phi) is 5.03. The van der Waals surface area contributed by atoms with Crippen LogP contribution < -0.4 is 11.3 Å². The van der Waals surface area contributed by atoms with Crippen LogP contribution in [0.15, 0.2) is 27.2 Å². The van der Waals surface area contributed by atoms with Crippen LogP contribution in [0.1, 0.15) is 18.2 Å². The Bertz CT molecular complexity index is 896. The van der Waals surface area contributed by atoms with Crippen molar-refractivity contribution in [2.45, 2.75) is 24.5 Å². The van der Waals surface area contributed by atoms with Crippen molar-refractivity contribution in [3.63, 3.8) is 0 Å². The number of aromatic nitrogens is 1. The summed E-state index contributed by atoms with van der Waals surface area (Å²) < 4.78 is 28.5. The Hall–Kier alpha value is -1.97. The second-order valence-electron chi connectivity index (χ2n) is 4.82. The van der Waals surface area contributed by atoms with Gasteiger partial charge < -0.3 is 10.7 Å². The van der Waals surface area contributed by atoms with Crippen LogP contribution in [-0.2, 0) is 25.5 Å². The molecule has 0 aliphatic rings. The highest BCUT2D eigenvalue weighted by molar-refractivity contribution is 7.89. The molecule has 0 aliphatic carbocycles. The van der Waals surface area contributed by atoms with E-state index in [0.29, 0.717) is 22.6 Å². The zero-order chi connectivity index (χ0) is 17.2. The SMILES string of the molecule is CCc1cc(-c2ccc(S(=O)(=O)OCC(N)=O)s2)c(C)[nH]c1=O. The van der Waals surface area contributed by atoms with Crippen molar-refractivity contribution in [2.24, 2.45) is 5.73 Å². The van der Waals surface area contributed by atoms with E-state index in [1.54, 1.807) is 19.1 Å². The standard InChI is InChI=1S/C14H16N2O5S2/c1-3-9-6-10(8(2)16-14(9)18)11-4-5-13(22-11)23(19,20)21-7-12(15)17/h4-6H,3,7H2,1-2H3,(H2,15,17)(H,16,18). The lowest BCUT2D eigenvalue weighted by atomic mass is 10.1. The Morgan fingerprint density at radius 3 is 2.70 bits per heavy atom. The van der Waals surface area contributed by atoms with Gasteiger partial charge in [-0.15, -0.1) is 11.3 Å². The van der Waals surface area contributed by atoms with Gasteiger partial charge in [0.1, 0.15) is 10.8 Å². The van der Waals surface area contributed by atoms with E-state index in [2.05, 4.69) is 9.17 Å². The quantitative estimate of drug-likeness (QED) is 0.753. The van der Waals surface area contributed by atoms with Gasteiger partial charge in [0.15, 0.2) is 0 Å². The Labute approximate surface area is 137 Å². The van der Waals surface area contributed by atoms with Crippen LogP contribution >= 0.6 is 11.3 Å². The predicted octanol–water partition coefficient (Wildman–Crippen LogP) is 1.16. The van der Waals surface area contributed by atoms with E-state index in [1.807, 2.05) is 6.92 Å². The first kappa shape index (κ1) is 17.4. The maximum absolute atomic E-state index is 12.0. The summed E-state index contributed by atoms with van der Waals surface area (Å²) in [6, 6.07) is 4.78. The Morgan fingerprint density at radius 2 is 2.09 bits per heavy atom. The lowest BCUT2D eigenvalue weighted by Crippen LogP contribution is -2.20. The highest BCUT2D eigenvalue weighted by Crippen LogP contribution is 2.32. The number of aromatic amines is 1. The van der Waals surface area contributed by atoms with Gasteiger partial charge in [0, 0.05) is 21.7 Å². The molecule has 2 rings (SSSR count). The summed E-state index contributed by atoms with van der Waals surface area (Å²) >= 11 is 0.997. The molecule has 2 heterocycles. The van der Waals surface area contributed by atoms with Crippen LogP contribution in [0.2, 0.25) is 0 Å². The first-order chi connectivity index (χ1) is 10.7. The fraction of sp³-hybridized carbons (Fsp3) is 0.286. The van der Waals surface area contributed by atoms with E-state index in [4.69, 9.17) is 5.73 Å². The molecule has 2 aromatic heterocycles. The second kappa shape index (κ2) is 6.65. The van der Waals surface area contributed by atoms with Gasteiger partial charge in [0.25, 0.3) is 5.56 Å². The van der Waals surface area contributed by atoms with Gasteiger partial charge in [-0.05, 0) is 31.5 Å². The maximum Gasteiger partial charge on any atom is 0.307 e. The number of thiophene rings is 1. The number of hydrogen-bond donors (Lipinski definition) is 2. The molecule has 1 amide bonds. The van der Waals surface area contributed by atoms with Crippen molar-refractivity contribution in [2.75, 3.05) is 6.61 Å². The zero-order valence-corrected chi connectivity index (χ0v) is 14.2. The van der Waals surface area contributed by atoms with Gasteiger partial charge in [0.05, 0.1) is 0 Å². The number of carbonyl (C=O) groups is 1. The van der Waals surface area contributed by atoms with Gasteiger partial charge in [-0.2, -0.15) is 8.42 Å². The molecule has 0 fully saturated rings. The molecular formula is C14H16N2O5S2. The van der Waals surface area contributed by atoms with Crippen molar-refractivity contribution in [3.05, 3.63) is 39.8 Å². The highest BCUT2D eigenvalue weighted by Gasteiger charge is 2.20. The van der Waals surface area contributed by atoms with Crippen LogP contribution in [0.3, 0.4) is 0 Å². The number of nitrogens with two attached hydrogens (primary N) is 1. The molecular weight excluding hydrogens is 340 g/mol. The molecule has 0 aliphatic heterocycles. The fourth-order valence-electron chi connectivity index (χ4n) is 1.98. The third kappa shape index (κ3) is 3.87. The lowest BCUT2D eigenvalue weighted by molar-refractivity contribution is -0.119. The molecule has 0 bridgehead atoms. The summed E-state index contributed by atoms with van der Waals surface area (Å²) in [7, 11) is -4.03. The van der Waals surface area contributed by atoms with Gasteiger partial charge >= 0.3 is 10.1 Å². The Balaban J connectivity index is 2.40. The molecule has 124 valence electrons. The summed E-state index contributed by atoms with van der Waals surface area (Å²) in [5, 5.41) is 0. The average molecular weight is 356 g/mol. The van der Waals surface area contributed by atoms with E-state index in [0.717, 1.165) is 16.9 Å². The first-order valence-electron chi connectivity index (χ1n) is 6.75. The number of hydrogen-bond acceptors (Lipinski definition) is 6. The summed E-state index contributed by atoms with van der Waals surface area (Å²) in [6.45, 7) is 2.91. The van der Waals surface area contributed by atoms with Gasteiger partial charge in [-0.1, -0.05) is 6.92 Å². The molecule has 9 heteroatoms. The minimum atomic E-state index is -4.03. The van der Waals surface area contributed by atoms with Crippen LogP contribution in [0.4, 0.5) is 0 Å². The predicted molar refractivity (Wildman–Crippen MR) is 86.8 cm³/mol. The number of aryl methyl sites for hydroxylation is 2. The molecule has 0 atom stereocenters. The van der Waals surface area contributed by atoms with Crippen molar-refractivity contribution in [1.29, 1.82) is 0 Å². The van der Waals surface area contributed by atoms with Crippen LogP contribution in [0.25, 0.3) is 10.4 Å². The van der Waals surface area contributed by atoms with E-state index in [-0.39, 0.29) is 9.77 Å². The molecule has 3 N–H and O–H groups in total. The number of pyridine rings is 1. The topological polar surface area (TPSA) is 119 Å². The summed E-state index contributed by atoms with van der Waals surface area (Å²) in [6.07, 6.45) is 0.570. The summed E-state index contributed by atoms with van der Waals surface area (Å²) in [5.74, 6) is -0.866. The average Bonchev–Trinajstić information content (AvgIpc) is 2.96. The van der Waals surface area contributed by atoms with Gasteiger partial charge in [0.2, 0.25) is 5.91 Å².